The van der Waals surface area contributed by atoms with E-state index in [1.807, 2.05) is 0 Å². The minimum Gasteiger partial charge on any atom is -0.329 e. The Hall–Kier alpha value is -0.0800. The highest BCUT2D eigenvalue weighted by Crippen LogP contribution is 2.37. The second kappa shape index (κ2) is 5.05. The molecule has 2 unspecified atom stereocenters. The normalized spacial score (nSPS) is 28.3. The summed E-state index contributed by atoms with van der Waals surface area (Å²) >= 11 is 0. The Morgan fingerprint density at radius 2 is 2.06 bits per heavy atom. The van der Waals surface area contributed by atoms with Crippen molar-refractivity contribution in [2.24, 2.45) is 17.1 Å². The van der Waals surface area contributed by atoms with Crippen molar-refractivity contribution in [1.82, 2.24) is 5.32 Å². The van der Waals surface area contributed by atoms with Gasteiger partial charge in [0.2, 0.25) is 0 Å². The summed E-state index contributed by atoms with van der Waals surface area (Å²) in [5.41, 5.74) is 6.58. The van der Waals surface area contributed by atoms with E-state index in [9.17, 15) is 0 Å². The molecule has 1 rings (SSSR count). The van der Waals surface area contributed by atoms with E-state index < -0.39 is 0 Å². The average Bonchev–Trinajstić information content (AvgIpc) is 2.43. The van der Waals surface area contributed by atoms with Crippen LogP contribution in [0.2, 0.25) is 0 Å². The van der Waals surface area contributed by atoms with E-state index in [1.54, 1.807) is 0 Å². The van der Waals surface area contributed by atoms with Crippen LogP contribution < -0.4 is 11.1 Å². The van der Waals surface area contributed by atoms with E-state index in [0.717, 1.165) is 6.54 Å². The van der Waals surface area contributed by atoms with Gasteiger partial charge >= 0.3 is 0 Å². The van der Waals surface area contributed by atoms with Gasteiger partial charge in [0.05, 0.1) is 0 Å². The van der Waals surface area contributed by atoms with Gasteiger partial charge < -0.3 is 11.1 Å². The smallest absolute Gasteiger partial charge is 0.0280 e. The van der Waals surface area contributed by atoms with Gasteiger partial charge in [-0.1, -0.05) is 27.7 Å². The van der Waals surface area contributed by atoms with Gasteiger partial charge in [-0.15, -0.1) is 0 Å². The van der Waals surface area contributed by atoms with Crippen LogP contribution in [0.1, 0.15) is 60.3 Å². The molecule has 0 aromatic heterocycles. The van der Waals surface area contributed by atoms with Crippen LogP contribution in [-0.2, 0) is 0 Å². The van der Waals surface area contributed by atoms with Crippen LogP contribution >= 0.6 is 0 Å². The molecule has 0 bridgehead atoms. The summed E-state index contributed by atoms with van der Waals surface area (Å²) in [7, 11) is 0. The van der Waals surface area contributed by atoms with Gasteiger partial charge in [0, 0.05) is 18.1 Å². The van der Waals surface area contributed by atoms with Crippen LogP contribution in [0.3, 0.4) is 0 Å². The van der Waals surface area contributed by atoms with Crippen molar-refractivity contribution in [2.45, 2.75) is 71.9 Å². The molecule has 1 saturated carbocycles. The molecule has 1 aliphatic rings. The molecule has 2 heteroatoms. The number of hydrogen-bond acceptors (Lipinski definition) is 2. The van der Waals surface area contributed by atoms with Gasteiger partial charge in [-0.25, -0.2) is 0 Å². The average molecular weight is 226 g/mol. The maximum atomic E-state index is 5.94. The lowest BCUT2D eigenvalue weighted by atomic mass is 9.88. The SMILES string of the molecule is CC(C)CC(C)(CN)NC1CCC(C)(C)C1. The van der Waals surface area contributed by atoms with E-state index in [2.05, 4.69) is 39.9 Å². The van der Waals surface area contributed by atoms with Crippen LogP contribution in [0.4, 0.5) is 0 Å². The first-order chi connectivity index (χ1) is 7.26. The van der Waals surface area contributed by atoms with Crippen molar-refractivity contribution in [3.8, 4) is 0 Å². The molecular formula is C14H30N2. The quantitative estimate of drug-likeness (QED) is 0.756. The van der Waals surface area contributed by atoms with Crippen molar-refractivity contribution < 1.29 is 0 Å². The van der Waals surface area contributed by atoms with Crippen LogP contribution in [0.25, 0.3) is 0 Å². The molecule has 1 fully saturated rings. The molecule has 0 aromatic rings. The van der Waals surface area contributed by atoms with Gasteiger partial charge in [0.1, 0.15) is 0 Å². The molecule has 2 atom stereocenters. The Labute approximate surface area is 101 Å². The summed E-state index contributed by atoms with van der Waals surface area (Å²) in [5.74, 6) is 0.704. The molecule has 0 amide bonds. The van der Waals surface area contributed by atoms with Crippen molar-refractivity contribution >= 4 is 0 Å². The topological polar surface area (TPSA) is 38.0 Å². The Balaban J connectivity index is 2.51. The van der Waals surface area contributed by atoms with E-state index in [0.29, 0.717) is 17.4 Å². The first-order valence-electron chi connectivity index (χ1n) is 6.74. The fourth-order valence-corrected chi connectivity index (χ4v) is 3.15. The molecule has 0 radical (unpaired) electrons. The van der Waals surface area contributed by atoms with Crippen molar-refractivity contribution in [3.63, 3.8) is 0 Å². The molecule has 1 aliphatic carbocycles. The van der Waals surface area contributed by atoms with Gasteiger partial charge in [-0.05, 0) is 43.9 Å². The molecule has 0 aromatic carbocycles. The summed E-state index contributed by atoms with van der Waals surface area (Å²) < 4.78 is 0. The molecule has 0 heterocycles. The molecule has 0 spiro atoms. The number of hydrogen-bond donors (Lipinski definition) is 2. The second-order valence-electron chi connectivity index (χ2n) is 7.11. The fourth-order valence-electron chi connectivity index (χ4n) is 3.15. The third-order valence-corrected chi connectivity index (χ3v) is 3.83. The molecular weight excluding hydrogens is 196 g/mol. The van der Waals surface area contributed by atoms with E-state index in [1.165, 1.54) is 25.7 Å². The number of rotatable bonds is 5. The lowest BCUT2D eigenvalue weighted by Crippen LogP contribution is -2.53. The van der Waals surface area contributed by atoms with E-state index in [-0.39, 0.29) is 5.54 Å². The van der Waals surface area contributed by atoms with Gasteiger partial charge in [-0.2, -0.15) is 0 Å². The highest BCUT2D eigenvalue weighted by atomic mass is 15.0. The van der Waals surface area contributed by atoms with Crippen LogP contribution in [0, 0.1) is 11.3 Å². The standard InChI is InChI=1S/C14H30N2/c1-11(2)8-14(5,10-15)16-12-6-7-13(3,4)9-12/h11-12,16H,6-10,15H2,1-5H3. The lowest BCUT2D eigenvalue weighted by Gasteiger charge is -2.35. The highest BCUT2D eigenvalue weighted by molar-refractivity contribution is 4.94. The zero-order chi connectivity index (χ0) is 12.4. The predicted molar refractivity (Wildman–Crippen MR) is 71.5 cm³/mol. The summed E-state index contributed by atoms with van der Waals surface area (Å²) in [6.45, 7) is 12.3. The van der Waals surface area contributed by atoms with Gasteiger partial charge in [-0.3, -0.25) is 0 Å². The molecule has 0 aliphatic heterocycles. The fraction of sp³-hybridized carbons (Fsp3) is 1.00. The number of nitrogens with two attached hydrogens (primary N) is 1. The van der Waals surface area contributed by atoms with Gasteiger partial charge in [0.15, 0.2) is 0 Å². The van der Waals surface area contributed by atoms with Crippen molar-refractivity contribution in [3.05, 3.63) is 0 Å². The largest absolute Gasteiger partial charge is 0.329 e. The molecule has 96 valence electrons. The van der Waals surface area contributed by atoms with E-state index >= 15 is 0 Å². The van der Waals surface area contributed by atoms with Crippen molar-refractivity contribution in [1.29, 1.82) is 0 Å². The Morgan fingerprint density at radius 3 is 2.44 bits per heavy atom. The zero-order valence-electron chi connectivity index (χ0n) is 11.8. The Kier molecular flexibility index (Phi) is 4.42. The zero-order valence-corrected chi connectivity index (χ0v) is 11.8. The summed E-state index contributed by atoms with van der Waals surface area (Å²) in [6, 6.07) is 0.669. The third kappa shape index (κ3) is 4.06. The maximum absolute atomic E-state index is 5.94. The minimum atomic E-state index is 0.124. The molecule has 2 nitrogen and oxygen atoms in total. The predicted octanol–water partition coefficient (Wildman–Crippen LogP) is 2.92. The maximum Gasteiger partial charge on any atom is 0.0280 e. The first-order valence-corrected chi connectivity index (χ1v) is 6.74. The molecule has 16 heavy (non-hydrogen) atoms. The van der Waals surface area contributed by atoms with Crippen molar-refractivity contribution in [2.75, 3.05) is 6.54 Å². The van der Waals surface area contributed by atoms with E-state index in [4.69, 9.17) is 5.73 Å². The number of nitrogens with one attached hydrogen (secondary N) is 1. The molecule has 0 saturated heterocycles. The summed E-state index contributed by atoms with van der Waals surface area (Å²) in [4.78, 5) is 0. The Morgan fingerprint density at radius 1 is 1.44 bits per heavy atom. The lowest BCUT2D eigenvalue weighted by molar-refractivity contribution is 0.256. The second-order valence-corrected chi connectivity index (χ2v) is 7.11. The summed E-state index contributed by atoms with van der Waals surface area (Å²) in [6.07, 6.45) is 5.11. The van der Waals surface area contributed by atoms with Crippen LogP contribution in [0.5, 0.6) is 0 Å². The van der Waals surface area contributed by atoms with Crippen LogP contribution in [-0.4, -0.2) is 18.1 Å². The highest BCUT2D eigenvalue weighted by Gasteiger charge is 2.35. The Bertz CT molecular complexity index is 223. The summed E-state index contributed by atoms with van der Waals surface area (Å²) in [5, 5.41) is 3.80. The minimum absolute atomic E-state index is 0.124. The van der Waals surface area contributed by atoms with Gasteiger partial charge in [0.25, 0.3) is 0 Å². The molecule has 3 N–H and O–H groups in total. The monoisotopic (exact) mass is 226 g/mol. The van der Waals surface area contributed by atoms with Crippen LogP contribution in [0.15, 0.2) is 0 Å². The first kappa shape index (κ1) is 14.0. The third-order valence-electron chi connectivity index (χ3n) is 3.83.